The maximum absolute atomic E-state index is 14.8. The van der Waals surface area contributed by atoms with Crippen molar-refractivity contribution in [1.82, 2.24) is 25.1 Å². The average molecular weight is 464 g/mol. The van der Waals surface area contributed by atoms with Gasteiger partial charge in [-0.25, -0.2) is 9.37 Å². The van der Waals surface area contributed by atoms with Crippen LogP contribution in [0.2, 0.25) is 5.02 Å². The van der Waals surface area contributed by atoms with Crippen molar-refractivity contribution in [3.63, 3.8) is 0 Å². The quantitative estimate of drug-likeness (QED) is 0.711. The molecule has 2 heterocycles. The molecule has 0 aliphatic carbocycles. The molecule has 174 valence electrons. The number of fused-ring (bicyclic) bond motifs is 1. The first-order valence-corrected chi connectivity index (χ1v) is 11.1. The van der Waals surface area contributed by atoms with Crippen LogP contribution in [0.15, 0.2) is 18.2 Å². The van der Waals surface area contributed by atoms with E-state index in [0.717, 1.165) is 13.0 Å². The van der Waals surface area contributed by atoms with Gasteiger partial charge < -0.3 is 20.1 Å². The highest BCUT2D eigenvalue weighted by atomic mass is 35.5. The van der Waals surface area contributed by atoms with Gasteiger partial charge in [-0.15, -0.1) is 0 Å². The van der Waals surface area contributed by atoms with Gasteiger partial charge in [0.15, 0.2) is 11.5 Å². The SMILES string of the molecule is CNC(=O)C(CC(C)(C)C)NC(=O)c1nc(-c2cccc(Cl)c2F)n2c1CN(C)CCC2. The summed E-state index contributed by atoms with van der Waals surface area (Å²) in [4.78, 5) is 32.4. The lowest BCUT2D eigenvalue weighted by Crippen LogP contribution is -2.47. The van der Waals surface area contributed by atoms with E-state index in [1.54, 1.807) is 19.2 Å². The normalized spacial score (nSPS) is 15.6. The highest BCUT2D eigenvalue weighted by Gasteiger charge is 2.31. The lowest BCUT2D eigenvalue weighted by Gasteiger charge is -2.25. The lowest BCUT2D eigenvalue weighted by molar-refractivity contribution is -0.123. The molecule has 0 radical (unpaired) electrons. The number of imidazole rings is 1. The van der Waals surface area contributed by atoms with E-state index in [9.17, 15) is 14.0 Å². The Morgan fingerprint density at radius 2 is 2.00 bits per heavy atom. The highest BCUT2D eigenvalue weighted by molar-refractivity contribution is 6.31. The van der Waals surface area contributed by atoms with E-state index in [-0.39, 0.29) is 27.6 Å². The average Bonchev–Trinajstić information content (AvgIpc) is 2.94. The smallest absolute Gasteiger partial charge is 0.272 e. The fourth-order valence-corrected chi connectivity index (χ4v) is 4.18. The number of hydrogen-bond donors (Lipinski definition) is 2. The Morgan fingerprint density at radius 1 is 1.28 bits per heavy atom. The first-order chi connectivity index (χ1) is 15.0. The maximum Gasteiger partial charge on any atom is 0.272 e. The Bertz CT molecular complexity index is 1010. The van der Waals surface area contributed by atoms with Gasteiger partial charge in [0, 0.05) is 20.1 Å². The minimum Gasteiger partial charge on any atom is -0.357 e. The van der Waals surface area contributed by atoms with Gasteiger partial charge in [-0.05, 0) is 44.0 Å². The van der Waals surface area contributed by atoms with Gasteiger partial charge in [-0.1, -0.05) is 38.4 Å². The number of carbonyl (C=O) groups is 2. The zero-order chi connectivity index (χ0) is 23.6. The van der Waals surface area contributed by atoms with Crippen LogP contribution in [-0.4, -0.2) is 52.9 Å². The van der Waals surface area contributed by atoms with Crippen LogP contribution in [-0.2, 0) is 17.9 Å². The van der Waals surface area contributed by atoms with E-state index >= 15 is 0 Å². The maximum atomic E-state index is 14.8. The molecular weight excluding hydrogens is 433 g/mol. The zero-order valence-electron chi connectivity index (χ0n) is 19.3. The summed E-state index contributed by atoms with van der Waals surface area (Å²) < 4.78 is 16.7. The topological polar surface area (TPSA) is 79.3 Å². The Hall–Kier alpha value is -2.45. The largest absolute Gasteiger partial charge is 0.357 e. The van der Waals surface area contributed by atoms with Crippen molar-refractivity contribution in [3.05, 3.63) is 40.4 Å². The van der Waals surface area contributed by atoms with Gasteiger partial charge >= 0.3 is 0 Å². The first kappa shape index (κ1) is 24.2. The molecule has 2 aromatic rings. The number of benzene rings is 1. The molecule has 2 N–H and O–H groups in total. The van der Waals surface area contributed by atoms with Crippen LogP contribution in [0.1, 0.15) is 49.8 Å². The summed E-state index contributed by atoms with van der Waals surface area (Å²) in [6, 6.07) is 4.05. The summed E-state index contributed by atoms with van der Waals surface area (Å²) in [5.74, 6) is -0.914. The molecule has 1 aliphatic rings. The van der Waals surface area contributed by atoms with E-state index in [1.165, 1.54) is 6.07 Å². The molecule has 1 aromatic heterocycles. The molecule has 32 heavy (non-hydrogen) atoms. The van der Waals surface area contributed by atoms with Crippen molar-refractivity contribution in [3.8, 4) is 11.4 Å². The fraction of sp³-hybridized carbons (Fsp3) is 0.522. The molecule has 9 heteroatoms. The van der Waals surface area contributed by atoms with Crippen LogP contribution in [0.4, 0.5) is 4.39 Å². The van der Waals surface area contributed by atoms with E-state index in [2.05, 4.69) is 20.5 Å². The van der Waals surface area contributed by atoms with E-state index in [1.807, 2.05) is 32.4 Å². The third-order valence-electron chi connectivity index (χ3n) is 5.51. The van der Waals surface area contributed by atoms with Crippen molar-refractivity contribution in [2.24, 2.45) is 5.41 Å². The number of halogens is 2. The summed E-state index contributed by atoms with van der Waals surface area (Å²) in [6.07, 6.45) is 1.30. The number of nitrogens with zero attached hydrogens (tertiary/aromatic N) is 3. The second kappa shape index (κ2) is 9.58. The first-order valence-electron chi connectivity index (χ1n) is 10.8. The number of aromatic nitrogens is 2. The lowest BCUT2D eigenvalue weighted by atomic mass is 9.87. The molecule has 2 amide bonds. The second-order valence-corrected chi connectivity index (χ2v) is 9.89. The third-order valence-corrected chi connectivity index (χ3v) is 5.80. The van der Waals surface area contributed by atoms with Gasteiger partial charge in [0.1, 0.15) is 11.9 Å². The van der Waals surface area contributed by atoms with E-state index < -0.39 is 17.8 Å². The molecule has 0 fully saturated rings. The zero-order valence-corrected chi connectivity index (χ0v) is 20.0. The predicted molar refractivity (Wildman–Crippen MR) is 123 cm³/mol. The number of carbonyl (C=O) groups excluding carboxylic acids is 2. The Morgan fingerprint density at radius 3 is 2.66 bits per heavy atom. The molecule has 0 spiro atoms. The number of hydrogen-bond acceptors (Lipinski definition) is 4. The molecular formula is C23H31ClFN5O2. The minimum absolute atomic E-state index is 0.00134. The van der Waals surface area contributed by atoms with Gasteiger partial charge in [0.25, 0.3) is 5.91 Å². The molecule has 0 saturated heterocycles. The molecule has 1 atom stereocenters. The molecule has 1 aromatic carbocycles. The number of amides is 2. The van der Waals surface area contributed by atoms with Crippen molar-refractivity contribution in [2.75, 3.05) is 20.6 Å². The molecule has 0 bridgehead atoms. The van der Waals surface area contributed by atoms with Crippen LogP contribution in [0.5, 0.6) is 0 Å². The van der Waals surface area contributed by atoms with Crippen LogP contribution < -0.4 is 10.6 Å². The Kier molecular flexibility index (Phi) is 7.25. The summed E-state index contributed by atoms with van der Waals surface area (Å²) in [7, 11) is 3.51. The second-order valence-electron chi connectivity index (χ2n) is 9.48. The Balaban J connectivity index is 2.05. The number of nitrogens with one attached hydrogen (secondary N) is 2. The highest BCUT2D eigenvalue weighted by Crippen LogP contribution is 2.31. The van der Waals surface area contributed by atoms with Crippen molar-refractivity contribution in [1.29, 1.82) is 0 Å². The van der Waals surface area contributed by atoms with Crippen LogP contribution in [0, 0.1) is 11.2 Å². The molecule has 1 aliphatic heterocycles. The Labute approximate surface area is 193 Å². The third kappa shape index (κ3) is 5.30. The minimum atomic E-state index is -0.709. The van der Waals surface area contributed by atoms with Gasteiger partial charge in [-0.3, -0.25) is 9.59 Å². The molecule has 3 rings (SSSR count). The van der Waals surface area contributed by atoms with Crippen LogP contribution in [0.3, 0.4) is 0 Å². The van der Waals surface area contributed by atoms with Gasteiger partial charge in [0.2, 0.25) is 5.91 Å². The van der Waals surface area contributed by atoms with E-state index in [4.69, 9.17) is 11.6 Å². The fourth-order valence-electron chi connectivity index (χ4n) is 4.01. The number of likely N-dealkylation sites (N-methyl/N-ethyl adjacent to an activating group) is 1. The predicted octanol–water partition coefficient (Wildman–Crippen LogP) is 3.46. The summed E-state index contributed by atoms with van der Waals surface area (Å²) in [5.41, 5.74) is 0.976. The standard InChI is InChI=1S/C23H31ClFN5O2/c1-23(2,3)12-16(21(31)26-4)27-22(32)19-17-13-29(5)10-7-11-30(17)20(28-19)14-8-6-9-15(24)18(14)25/h6,8-9,16H,7,10-13H2,1-5H3,(H,26,31)(H,27,32). The van der Waals surface area contributed by atoms with Crippen molar-refractivity contribution < 1.29 is 14.0 Å². The van der Waals surface area contributed by atoms with Crippen LogP contribution in [0.25, 0.3) is 11.4 Å². The number of rotatable bonds is 5. The molecule has 1 unspecified atom stereocenters. The summed E-state index contributed by atoms with van der Waals surface area (Å²) in [6.45, 7) is 7.95. The van der Waals surface area contributed by atoms with Gasteiger partial charge in [0.05, 0.1) is 16.3 Å². The van der Waals surface area contributed by atoms with Crippen molar-refractivity contribution in [2.45, 2.75) is 52.7 Å². The monoisotopic (exact) mass is 463 g/mol. The molecule has 7 nitrogen and oxygen atoms in total. The van der Waals surface area contributed by atoms with E-state index in [0.29, 0.717) is 31.0 Å². The van der Waals surface area contributed by atoms with Gasteiger partial charge in [-0.2, -0.15) is 0 Å². The van der Waals surface area contributed by atoms with Crippen molar-refractivity contribution >= 4 is 23.4 Å². The van der Waals surface area contributed by atoms with Crippen LogP contribution >= 0.6 is 11.6 Å². The molecule has 0 saturated carbocycles. The summed E-state index contributed by atoms with van der Waals surface area (Å²) >= 11 is 6.01. The summed E-state index contributed by atoms with van der Waals surface area (Å²) in [5, 5.41) is 5.47.